The Morgan fingerprint density at radius 1 is 0.710 bits per heavy atom. The molecule has 43 heteroatoms. The van der Waals surface area contributed by atoms with E-state index in [1.54, 1.807) is 32.9 Å². The molecule has 8 aliphatic heterocycles. The largest absolute Gasteiger partial charge is 0.508 e. The molecule has 0 aliphatic carbocycles. The van der Waals surface area contributed by atoms with Crippen LogP contribution in [-0.4, -0.2) is 219 Å². The number of aliphatic hydroxyl groups excluding tert-OH is 6. The number of alkyl halides is 3. The van der Waals surface area contributed by atoms with Crippen LogP contribution in [0.2, 0.25) is 10.0 Å². The summed E-state index contributed by atoms with van der Waals surface area (Å²) in [6.07, 6.45) is -24.1. The number of hydroxylamine groups is 1. The third kappa shape index (κ3) is 22.0. The summed E-state index contributed by atoms with van der Waals surface area (Å²) in [5, 5.41) is 130. The fourth-order valence-electron chi connectivity index (χ4n) is 16.1. The van der Waals surface area contributed by atoms with Crippen LogP contribution in [0.3, 0.4) is 0 Å². The van der Waals surface area contributed by atoms with Gasteiger partial charge in [-0.2, -0.15) is 13.2 Å². The molecule has 38 nitrogen and oxygen atoms in total. The maximum atomic E-state index is 16.4. The molecule has 131 heavy (non-hydrogen) atoms. The van der Waals surface area contributed by atoms with Crippen molar-refractivity contribution in [3.8, 4) is 57.1 Å². The normalized spacial score (nSPS) is 26.7. The molecule has 702 valence electrons. The van der Waals surface area contributed by atoms with Crippen LogP contribution in [0.4, 0.5) is 24.5 Å². The summed E-state index contributed by atoms with van der Waals surface area (Å²) in [6, 6.07) is 8.51. The zero-order chi connectivity index (χ0) is 94.7. The number of likely N-dealkylation sites (N-methyl/N-ethyl adjacent to an activating group) is 1. The number of rotatable bonds is 21. The monoisotopic (exact) mass is 1870 g/mol. The van der Waals surface area contributed by atoms with E-state index in [-0.39, 0.29) is 65.5 Å². The van der Waals surface area contributed by atoms with Gasteiger partial charge in [0.2, 0.25) is 53.4 Å². The molecule has 9 amide bonds. The second-order valence-electron chi connectivity index (χ2n) is 33.3. The number of benzene rings is 7. The Morgan fingerprint density at radius 3 is 2.01 bits per heavy atom. The van der Waals surface area contributed by atoms with E-state index >= 15 is 24.0 Å². The van der Waals surface area contributed by atoms with Crippen molar-refractivity contribution in [1.82, 2.24) is 48.0 Å². The smallest absolute Gasteiger partial charge is 0.416 e. The molecular formula is C88H99Cl2F3N12O26. The number of hydrogen-bond donors (Lipinski definition) is 20. The highest BCUT2D eigenvalue weighted by atomic mass is 35.5. The third-order valence-electron chi connectivity index (χ3n) is 23.1. The summed E-state index contributed by atoms with van der Waals surface area (Å²) in [7, 11) is 4.50. The number of carbonyl (C=O) groups excluding carboxylic acids is 9. The van der Waals surface area contributed by atoms with Crippen molar-refractivity contribution in [2.75, 3.05) is 44.6 Å². The maximum Gasteiger partial charge on any atom is 0.416 e. The van der Waals surface area contributed by atoms with Crippen LogP contribution in [0.1, 0.15) is 146 Å². The van der Waals surface area contributed by atoms with E-state index < -0.39 is 272 Å². The molecule has 1 unspecified atom stereocenters. The molecule has 3 saturated heterocycles. The highest BCUT2D eigenvalue weighted by molar-refractivity contribution is 6.32. The van der Waals surface area contributed by atoms with E-state index in [1.165, 1.54) is 63.3 Å². The molecule has 11 bridgehead atoms. The summed E-state index contributed by atoms with van der Waals surface area (Å²) < 4.78 is 87.4. The number of amides is 9. The molecule has 8 aliphatic rings. The Bertz CT molecular complexity index is 5510. The van der Waals surface area contributed by atoms with Gasteiger partial charge in [-0.3, -0.25) is 43.2 Å². The average Bonchev–Trinajstić information content (AvgIpc) is 0.761. The highest BCUT2D eigenvalue weighted by Crippen LogP contribution is 2.51. The Balaban J connectivity index is 0.950. The topological polar surface area (TPSA) is 559 Å². The third-order valence-corrected chi connectivity index (χ3v) is 23.7. The molecule has 7 aromatic rings. The number of carbonyl (C=O) groups is 9. The Kier molecular flexibility index (Phi) is 29.9. The Hall–Kier alpha value is -11.8. The fraction of sp³-hybridized carbons (Fsp3) is 0.420. The number of fused-ring (bicyclic) bond motifs is 15. The zero-order valence-corrected chi connectivity index (χ0v) is 72.8. The summed E-state index contributed by atoms with van der Waals surface area (Å²) in [5.41, 5.74) is 3.26. The molecule has 21 N–H and O–H groups in total. The molecule has 0 spiro atoms. The standard InChI is InChI=1S/C88H99Cl2F3N12O26/c1-37(2)21-53(95-5)79(117)102-69-71(111)41-15-18-57(51(89)26-41)126-59-28-43-29-60(75(59)130-86-76(74(114)73(113)61(36-106)128-86)129-64-34-87(4,77(115)38(3)125-64)96-35-39-11-10-12-46(22-39)97-78(116)44-23-45(88(91,92)93)30-47(24-44)105(6)7)127-58-19-16-42(27-52(58)90)72(112)70-84(122)101-68(85(123)104-131-63-13-8-9-20-124-63)50-31-48(107)32-56(109)65(50)49-25-40(14-17-55(49)108)66(81(119)103-70)100-82(120)67(43)99-80(118)54(33-62(94)110)98-83(69)121/h10-12,14-19,22-32,37-38,53-54,61,63-64,66-74,76-77,86,95-96,106-109,111-115H,8-9,13,20-21,33-36H2,1-7H3,(H2,94,110)(H,97,116)(H,98,121)(H,99,118)(H,100,120)(H,101,122)(H,102,117)(H,103,119)(H,104,123)/t38-,53+,54-,61+,63?,64-,66+,67+,68+,69+,70-,71+,72+,73+,74-,76+,77+,86-,87-/m0/s1. The second-order valence-corrected chi connectivity index (χ2v) is 34.2. The number of hydrogen-bond acceptors (Lipinski definition) is 29. The van der Waals surface area contributed by atoms with Crippen molar-refractivity contribution in [1.29, 1.82) is 0 Å². The van der Waals surface area contributed by atoms with Crippen LogP contribution >= 0.6 is 23.2 Å². The number of aliphatic hydroxyl groups is 6. The first-order valence-electron chi connectivity index (χ1n) is 41.6. The van der Waals surface area contributed by atoms with E-state index in [9.17, 15) is 78.3 Å². The number of phenolic OH excluding ortho intramolecular Hbond substituents is 3. The van der Waals surface area contributed by atoms with Gasteiger partial charge in [-0.15, -0.1) is 0 Å². The molecule has 0 radical (unpaired) electrons. The molecule has 0 saturated carbocycles. The van der Waals surface area contributed by atoms with Gasteiger partial charge in [-0.1, -0.05) is 67.4 Å². The van der Waals surface area contributed by atoms with Crippen molar-refractivity contribution in [3.63, 3.8) is 0 Å². The van der Waals surface area contributed by atoms with E-state index in [0.717, 1.165) is 78.9 Å². The van der Waals surface area contributed by atoms with E-state index in [1.807, 2.05) is 0 Å². The van der Waals surface area contributed by atoms with E-state index in [2.05, 4.69) is 53.3 Å². The second kappa shape index (κ2) is 40.5. The number of halogens is 5. The van der Waals surface area contributed by atoms with Gasteiger partial charge >= 0.3 is 6.18 Å². The predicted octanol–water partition coefficient (Wildman–Crippen LogP) is 4.76. The van der Waals surface area contributed by atoms with Crippen molar-refractivity contribution in [2.24, 2.45) is 11.7 Å². The van der Waals surface area contributed by atoms with Crippen LogP contribution in [0.5, 0.6) is 46.0 Å². The molecule has 8 heterocycles. The lowest BCUT2D eigenvalue weighted by atomic mass is 9.84. The Labute approximate surface area is 756 Å². The number of nitrogens with one attached hydrogen (secondary N) is 10. The summed E-state index contributed by atoms with van der Waals surface area (Å²) in [4.78, 5) is 142. The fourth-order valence-corrected chi connectivity index (χ4v) is 16.5. The lowest BCUT2D eigenvalue weighted by Crippen LogP contribution is -2.65. The van der Waals surface area contributed by atoms with Crippen LogP contribution in [0.15, 0.2) is 121 Å². The summed E-state index contributed by atoms with van der Waals surface area (Å²) in [5.74, 6) is -16.6. The lowest BCUT2D eigenvalue weighted by Gasteiger charge is -2.48. The molecule has 19 atom stereocenters. The van der Waals surface area contributed by atoms with Crippen LogP contribution in [0.25, 0.3) is 11.1 Å². The van der Waals surface area contributed by atoms with Gasteiger partial charge in [-0.05, 0) is 164 Å². The first-order chi connectivity index (χ1) is 62.1. The minimum atomic E-state index is -4.79. The lowest BCUT2D eigenvalue weighted by molar-refractivity contribution is -0.334. The van der Waals surface area contributed by atoms with Gasteiger partial charge in [0, 0.05) is 79.8 Å². The van der Waals surface area contributed by atoms with Gasteiger partial charge in [0.1, 0.15) is 95.5 Å². The number of nitrogens with zero attached hydrogens (tertiary/aromatic N) is 1. The highest BCUT2D eigenvalue weighted by Gasteiger charge is 2.53. The van der Waals surface area contributed by atoms with Crippen LogP contribution in [-0.2, 0) is 74.9 Å². The minimum Gasteiger partial charge on any atom is -0.508 e. The SMILES string of the molecule is CN[C@H](CC(C)C)C(=O)N[C@H]1C(=O)N[C@@H](CC(N)=O)C(=O)N[C@H]2C(=O)N[C@H]3C(=O)N[C@H](C(=O)N[C@@H](C(=O)NOC4CCCCO4)c4cc(O)cc(O)c4-c4cc3ccc4O)[C@H](O)c3ccc(c(Cl)c3)Oc3cc2cc(c3O[C@@H]2O[C@H](CO)[C@@H](O)[C@H](O)[C@H]2O[C@H]2C[C@](C)(NCc3cccc(NC(=O)c4cc(N(C)C)cc(C(F)(F)F)c4)c3)[C@H](O)[C@H](C)O2)Oc2ccc(cc2Cl)[C@H]1O. The molecule has 0 aromatic heterocycles. The predicted molar refractivity (Wildman–Crippen MR) is 457 cm³/mol. The van der Waals surface area contributed by atoms with E-state index in [0.29, 0.717) is 24.8 Å². The van der Waals surface area contributed by atoms with Crippen molar-refractivity contribution >= 4 is 87.7 Å². The number of nitrogens with two attached hydrogens (primary N) is 1. The maximum absolute atomic E-state index is 16.4. The van der Waals surface area contributed by atoms with Crippen molar-refractivity contribution < 1.29 is 140 Å². The molecule has 7 aromatic carbocycles. The molecular weight excluding hydrogens is 1770 g/mol. The van der Waals surface area contributed by atoms with E-state index in [4.69, 9.17) is 66.9 Å². The zero-order valence-electron chi connectivity index (χ0n) is 71.3. The summed E-state index contributed by atoms with van der Waals surface area (Å²) >= 11 is 14.4. The van der Waals surface area contributed by atoms with Crippen molar-refractivity contribution in [3.05, 3.63) is 176 Å². The molecule has 3 fully saturated rings. The van der Waals surface area contributed by atoms with Crippen LogP contribution in [0, 0.1) is 5.92 Å². The minimum absolute atomic E-state index is 0.0758. The quantitative estimate of drug-likeness (QED) is 0.0431. The first kappa shape index (κ1) is 96.8. The number of anilines is 2. The average molecular weight is 1870 g/mol. The number of primary amides is 1. The van der Waals surface area contributed by atoms with Gasteiger partial charge in [0.15, 0.2) is 30.2 Å². The van der Waals surface area contributed by atoms with Gasteiger partial charge in [-0.25, -0.2) is 10.3 Å². The van der Waals surface area contributed by atoms with Crippen LogP contribution < -0.4 is 78.2 Å². The van der Waals surface area contributed by atoms with Gasteiger partial charge in [0.25, 0.3) is 11.8 Å². The van der Waals surface area contributed by atoms with Gasteiger partial charge < -0.3 is 138 Å². The number of aromatic hydroxyl groups is 3. The first-order valence-corrected chi connectivity index (χ1v) is 42.4. The number of phenols is 3. The Morgan fingerprint density at radius 2 is 1.37 bits per heavy atom. The van der Waals surface area contributed by atoms with Gasteiger partial charge in [0.05, 0.1) is 46.9 Å². The number of ether oxygens (including phenoxy) is 7. The summed E-state index contributed by atoms with van der Waals surface area (Å²) in [6.45, 7) is 5.81. The van der Waals surface area contributed by atoms with Crippen molar-refractivity contribution in [2.45, 2.75) is 194 Å². The molecule has 15 rings (SSSR count).